The van der Waals surface area contributed by atoms with Crippen molar-refractivity contribution >= 4 is 17.7 Å². The Morgan fingerprint density at radius 3 is 2.92 bits per heavy atom. The van der Waals surface area contributed by atoms with Crippen molar-refractivity contribution in [1.82, 2.24) is 20.1 Å². The molecule has 1 amide bonds. The van der Waals surface area contributed by atoms with Crippen molar-refractivity contribution in [2.24, 2.45) is 11.8 Å². The molecule has 4 unspecified atom stereocenters. The van der Waals surface area contributed by atoms with Crippen molar-refractivity contribution < 1.29 is 9.21 Å². The number of carbonyl (C=O) groups is 1. The minimum Gasteiger partial charge on any atom is -0.461 e. The molecule has 26 heavy (non-hydrogen) atoms. The van der Waals surface area contributed by atoms with Gasteiger partial charge in [0.2, 0.25) is 5.91 Å². The number of nitrogens with one attached hydrogen (secondary N) is 1. The van der Waals surface area contributed by atoms with Gasteiger partial charge in [0.25, 0.3) is 0 Å². The van der Waals surface area contributed by atoms with E-state index in [1.165, 1.54) is 24.6 Å². The van der Waals surface area contributed by atoms with Crippen LogP contribution in [0.4, 0.5) is 0 Å². The topological polar surface area (TPSA) is 73.0 Å². The van der Waals surface area contributed by atoms with Crippen LogP contribution in [0.1, 0.15) is 47.0 Å². The van der Waals surface area contributed by atoms with Gasteiger partial charge in [-0.15, -0.1) is 10.2 Å². The zero-order valence-electron chi connectivity index (χ0n) is 15.9. The van der Waals surface area contributed by atoms with E-state index in [0.717, 1.165) is 18.1 Å². The predicted molar refractivity (Wildman–Crippen MR) is 103 cm³/mol. The minimum absolute atomic E-state index is 0.0751. The fourth-order valence-corrected chi connectivity index (χ4v) is 4.47. The number of furan rings is 1. The minimum atomic E-state index is -0.224. The molecule has 0 aromatic carbocycles. The zero-order valence-corrected chi connectivity index (χ0v) is 16.8. The monoisotopic (exact) mass is 376 g/mol. The normalized spacial score (nSPS) is 24.4. The number of thioether (sulfide) groups is 1. The molecule has 0 radical (unpaired) electrons. The molecule has 2 aromatic heterocycles. The maximum Gasteiger partial charge on any atom is 0.233 e. The number of nitrogens with zero attached hydrogens (tertiary/aromatic N) is 3. The number of hydrogen-bond acceptors (Lipinski definition) is 5. The Balaban J connectivity index is 1.66. The van der Waals surface area contributed by atoms with Gasteiger partial charge in [0.1, 0.15) is 0 Å². The second-order valence-electron chi connectivity index (χ2n) is 7.17. The highest BCUT2D eigenvalue weighted by Crippen LogP contribution is 2.31. The Labute approximate surface area is 159 Å². The first-order chi connectivity index (χ1) is 12.5. The number of aromatic nitrogens is 3. The first-order valence-electron chi connectivity index (χ1n) is 9.45. The lowest BCUT2D eigenvalue weighted by atomic mass is 9.78. The van der Waals surface area contributed by atoms with E-state index < -0.39 is 0 Å². The molecule has 0 bridgehead atoms. The summed E-state index contributed by atoms with van der Waals surface area (Å²) in [7, 11) is 0. The summed E-state index contributed by atoms with van der Waals surface area (Å²) in [6, 6.07) is 3.98. The average molecular weight is 377 g/mol. The Morgan fingerprint density at radius 2 is 2.23 bits per heavy atom. The third-order valence-electron chi connectivity index (χ3n) is 5.46. The van der Waals surface area contributed by atoms with Crippen molar-refractivity contribution in [2.75, 3.05) is 0 Å². The maximum atomic E-state index is 12.7. The third kappa shape index (κ3) is 3.98. The van der Waals surface area contributed by atoms with Crippen molar-refractivity contribution in [3.8, 4) is 11.6 Å². The molecule has 1 aliphatic rings. The molecular formula is C19H28N4O2S. The van der Waals surface area contributed by atoms with Crippen molar-refractivity contribution in [3.05, 3.63) is 18.4 Å². The standard InChI is InChI=1S/C19H28N4O2S/c1-5-23-17(16-10-7-11-25-16)21-22-19(23)26-14(4)18(24)20-15-9-6-8-12(2)13(15)3/h7,10-15H,5-6,8-9H2,1-4H3,(H,20,24). The highest BCUT2D eigenvalue weighted by atomic mass is 32.2. The van der Waals surface area contributed by atoms with Crippen LogP contribution in [0.15, 0.2) is 28.0 Å². The van der Waals surface area contributed by atoms with Gasteiger partial charge in [-0.25, -0.2) is 0 Å². The summed E-state index contributed by atoms with van der Waals surface area (Å²) in [6.45, 7) is 9.21. The summed E-state index contributed by atoms with van der Waals surface area (Å²) < 4.78 is 7.42. The summed E-state index contributed by atoms with van der Waals surface area (Å²) in [5, 5.41) is 12.3. The lowest BCUT2D eigenvalue weighted by Gasteiger charge is -2.35. The molecule has 6 nitrogen and oxygen atoms in total. The van der Waals surface area contributed by atoms with Gasteiger partial charge in [-0.1, -0.05) is 38.5 Å². The molecule has 142 valence electrons. The lowest BCUT2D eigenvalue weighted by Crippen LogP contribution is -2.46. The van der Waals surface area contributed by atoms with Gasteiger partial charge in [0, 0.05) is 12.6 Å². The van der Waals surface area contributed by atoms with Crippen LogP contribution in [0.5, 0.6) is 0 Å². The van der Waals surface area contributed by atoms with Crippen molar-refractivity contribution in [3.63, 3.8) is 0 Å². The van der Waals surface area contributed by atoms with E-state index >= 15 is 0 Å². The van der Waals surface area contributed by atoms with Crippen LogP contribution in [0.25, 0.3) is 11.6 Å². The zero-order chi connectivity index (χ0) is 18.7. The van der Waals surface area contributed by atoms with E-state index in [1.54, 1.807) is 6.26 Å². The van der Waals surface area contributed by atoms with Crippen LogP contribution in [-0.4, -0.2) is 32.0 Å². The lowest BCUT2D eigenvalue weighted by molar-refractivity contribution is -0.121. The highest BCUT2D eigenvalue weighted by molar-refractivity contribution is 8.00. The molecule has 0 aliphatic heterocycles. The SMILES string of the molecule is CCn1c(SC(C)C(=O)NC2CCCC(C)C2C)nnc1-c1ccco1. The van der Waals surface area contributed by atoms with E-state index in [1.807, 2.05) is 30.5 Å². The Morgan fingerprint density at radius 1 is 1.42 bits per heavy atom. The molecule has 1 aliphatic carbocycles. The van der Waals surface area contributed by atoms with Gasteiger partial charge >= 0.3 is 0 Å². The second kappa shape index (κ2) is 8.29. The molecular weight excluding hydrogens is 348 g/mol. The van der Waals surface area contributed by atoms with Crippen LogP contribution in [0, 0.1) is 11.8 Å². The predicted octanol–water partition coefficient (Wildman–Crippen LogP) is 3.98. The third-order valence-corrected chi connectivity index (χ3v) is 6.54. The number of hydrogen-bond donors (Lipinski definition) is 1. The van der Waals surface area contributed by atoms with Crippen LogP contribution >= 0.6 is 11.8 Å². The first kappa shape index (κ1) is 19.0. The van der Waals surface area contributed by atoms with Crippen LogP contribution < -0.4 is 5.32 Å². The maximum absolute atomic E-state index is 12.7. The molecule has 4 atom stereocenters. The molecule has 1 saturated carbocycles. The van der Waals surface area contributed by atoms with Crippen molar-refractivity contribution in [2.45, 2.75) is 70.0 Å². The quantitative estimate of drug-likeness (QED) is 0.772. The van der Waals surface area contributed by atoms with Gasteiger partial charge in [0.05, 0.1) is 11.5 Å². The van der Waals surface area contributed by atoms with E-state index in [4.69, 9.17) is 4.42 Å². The fourth-order valence-electron chi connectivity index (χ4n) is 3.55. The molecule has 7 heteroatoms. The van der Waals surface area contributed by atoms with E-state index in [2.05, 4.69) is 29.4 Å². The Hall–Kier alpha value is -1.76. The van der Waals surface area contributed by atoms with Gasteiger partial charge in [-0.2, -0.15) is 0 Å². The molecule has 1 N–H and O–H groups in total. The summed E-state index contributed by atoms with van der Waals surface area (Å²) in [5.41, 5.74) is 0. The van der Waals surface area contributed by atoms with Gasteiger partial charge in [-0.3, -0.25) is 9.36 Å². The van der Waals surface area contributed by atoms with E-state index in [-0.39, 0.29) is 17.2 Å². The summed E-state index contributed by atoms with van der Waals surface area (Å²) in [5.74, 6) is 2.65. The number of rotatable bonds is 6. The van der Waals surface area contributed by atoms with Gasteiger partial charge in [-0.05, 0) is 44.2 Å². The first-order valence-corrected chi connectivity index (χ1v) is 10.3. The Kier molecular flexibility index (Phi) is 6.06. The average Bonchev–Trinajstić information content (AvgIpc) is 3.28. The number of amides is 1. The van der Waals surface area contributed by atoms with Crippen molar-refractivity contribution in [1.29, 1.82) is 0 Å². The van der Waals surface area contributed by atoms with Crippen LogP contribution in [0.3, 0.4) is 0 Å². The van der Waals surface area contributed by atoms with E-state index in [0.29, 0.717) is 23.4 Å². The summed E-state index contributed by atoms with van der Waals surface area (Å²) in [6.07, 6.45) is 5.14. The highest BCUT2D eigenvalue weighted by Gasteiger charge is 2.30. The molecule has 2 aromatic rings. The molecule has 1 fully saturated rings. The molecule has 0 saturated heterocycles. The van der Waals surface area contributed by atoms with Gasteiger partial charge in [0.15, 0.2) is 16.7 Å². The molecule has 2 heterocycles. The second-order valence-corrected chi connectivity index (χ2v) is 8.48. The number of carbonyl (C=O) groups excluding carboxylic acids is 1. The largest absolute Gasteiger partial charge is 0.461 e. The van der Waals surface area contributed by atoms with E-state index in [9.17, 15) is 4.79 Å². The Bertz CT molecular complexity index is 728. The molecule has 0 spiro atoms. The van der Waals surface area contributed by atoms with Crippen LogP contribution in [0.2, 0.25) is 0 Å². The fraction of sp³-hybridized carbons (Fsp3) is 0.632. The molecule has 3 rings (SSSR count). The van der Waals surface area contributed by atoms with Gasteiger partial charge < -0.3 is 9.73 Å². The van der Waals surface area contributed by atoms with Crippen LogP contribution in [-0.2, 0) is 11.3 Å². The smallest absolute Gasteiger partial charge is 0.233 e. The summed E-state index contributed by atoms with van der Waals surface area (Å²) in [4.78, 5) is 12.7. The summed E-state index contributed by atoms with van der Waals surface area (Å²) >= 11 is 1.45.